The lowest BCUT2D eigenvalue weighted by Crippen LogP contribution is -2.00. The zero-order valence-corrected chi connectivity index (χ0v) is 10.1. The van der Waals surface area contributed by atoms with Crippen LogP contribution < -0.4 is 0 Å². The maximum Gasteiger partial charge on any atom is 0.123 e. The number of nitrogens with zero attached hydrogens (tertiary/aromatic N) is 2. The summed E-state index contributed by atoms with van der Waals surface area (Å²) in [6.07, 6.45) is 1.97. The van der Waals surface area contributed by atoms with Gasteiger partial charge >= 0.3 is 0 Å². The van der Waals surface area contributed by atoms with Crippen molar-refractivity contribution in [2.75, 3.05) is 0 Å². The Bertz CT molecular complexity index is 701. The smallest absolute Gasteiger partial charge is 0.123 e. The molecule has 0 fully saturated rings. The average molecular weight is 240 g/mol. The molecule has 0 amide bonds. The van der Waals surface area contributed by atoms with E-state index < -0.39 is 0 Å². The van der Waals surface area contributed by atoms with Crippen molar-refractivity contribution in [2.24, 2.45) is 0 Å². The lowest BCUT2D eigenvalue weighted by Gasteiger charge is -2.05. The number of fused-ring (bicyclic) bond motifs is 1. The Morgan fingerprint density at radius 3 is 2.89 bits per heavy atom. The molecule has 2 heterocycles. The first kappa shape index (κ1) is 11.0. The molecule has 0 spiro atoms. The highest BCUT2D eigenvalue weighted by atomic mass is 19.1. The molecule has 3 rings (SSSR count). The molecular formula is C15H13FN2. The number of aromatic nitrogens is 2. The Labute approximate surface area is 105 Å². The van der Waals surface area contributed by atoms with Gasteiger partial charge in [-0.3, -0.25) is 4.98 Å². The van der Waals surface area contributed by atoms with Gasteiger partial charge in [0.05, 0.1) is 12.2 Å². The highest BCUT2D eigenvalue weighted by Crippen LogP contribution is 2.18. The van der Waals surface area contributed by atoms with E-state index >= 15 is 0 Å². The van der Waals surface area contributed by atoms with Crippen LogP contribution in [-0.4, -0.2) is 9.55 Å². The highest BCUT2D eigenvalue weighted by Gasteiger charge is 2.03. The third-order valence-electron chi connectivity index (χ3n) is 3.01. The molecule has 18 heavy (non-hydrogen) atoms. The van der Waals surface area contributed by atoms with Crippen LogP contribution in [0.1, 0.15) is 11.4 Å². The van der Waals surface area contributed by atoms with E-state index in [1.165, 1.54) is 6.07 Å². The van der Waals surface area contributed by atoms with Gasteiger partial charge in [0.25, 0.3) is 0 Å². The molecule has 3 heteroatoms. The Hall–Kier alpha value is -2.16. The van der Waals surface area contributed by atoms with Crippen LogP contribution in [0.25, 0.3) is 10.9 Å². The number of halogens is 1. The van der Waals surface area contributed by atoms with Gasteiger partial charge in [0.1, 0.15) is 5.82 Å². The van der Waals surface area contributed by atoms with E-state index in [1.54, 1.807) is 12.1 Å². The number of rotatable bonds is 2. The van der Waals surface area contributed by atoms with E-state index in [1.807, 2.05) is 37.4 Å². The molecule has 0 aliphatic heterocycles. The molecule has 90 valence electrons. The normalized spacial score (nSPS) is 11.0. The molecule has 0 N–H and O–H groups in total. The van der Waals surface area contributed by atoms with Crippen molar-refractivity contribution in [1.82, 2.24) is 9.55 Å². The van der Waals surface area contributed by atoms with E-state index in [0.29, 0.717) is 6.54 Å². The minimum atomic E-state index is -0.200. The van der Waals surface area contributed by atoms with Crippen LogP contribution in [0.4, 0.5) is 4.39 Å². The predicted octanol–water partition coefficient (Wildman–Crippen LogP) is 3.53. The van der Waals surface area contributed by atoms with Gasteiger partial charge in [-0.05, 0) is 43.3 Å². The largest absolute Gasteiger partial charge is 0.341 e. The maximum atomic E-state index is 13.1. The fourth-order valence-corrected chi connectivity index (χ4v) is 2.17. The van der Waals surface area contributed by atoms with Crippen molar-refractivity contribution in [2.45, 2.75) is 13.5 Å². The number of hydrogen-bond acceptors (Lipinski definition) is 1. The Kier molecular flexibility index (Phi) is 2.59. The van der Waals surface area contributed by atoms with Gasteiger partial charge in [0, 0.05) is 22.8 Å². The van der Waals surface area contributed by atoms with Crippen molar-refractivity contribution in [3.63, 3.8) is 0 Å². The first-order chi connectivity index (χ1) is 8.72. The summed E-state index contributed by atoms with van der Waals surface area (Å²) in [5, 5.41) is 0.919. The summed E-state index contributed by atoms with van der Waals surface area (Å²) in [5.41, 5.74) is 3.05. The van der Waals surface area contributed by atoms with Gasteiger partial charge in [0.2, 0.25) is 0 Å². The molecule has 3 aromatic rings. The van der Waals surface area contributed by atoms with Gasteiger partial charge < -0.3 is 4.57 Å². The van der Waals surface area contributed by atoms with Gasteiger partial charge in [0.15, 0.2) is 0 Å². The summed E-state index contributed by atoms with van der Waals surface area (Å²) in [6, 6.07) is 12.8. The predicted molar refractivity (Wildman–Crippen MR) is 70.0 cm³/mol. The lowest BCUT2D eigenvalue weighted by atomic mass is 10.2. The molecule has 0 saturated heterocycles. The van der Waals surface area contributed by atoms with Crippen molar-refractivity contribution in [3.8, 4) is 0 Å². The quantitative estimate of drug-likeness (QED) is 0.670. The van der Waals surface area contributed by atoms with Gasteiger partial charge in [-0.1, -0.05) is 6.07 Å². The number of aryl methyl sites for hydroxylation is 1. The molecule has 1 aromatic carbocycles. The highest BCUT2D eigenvalue weighted by molar-refractivity contribution is 5.80. The third kappa shape index (κ3) is 1.99. The van der Waals surface area contributed by atoms with Crippen LogP contribution in [0.5, 0.6) is 0 Å². The molecule has 2 aromatic heterocycles. The van der Waals surface area contributed by atoms with Gasteiger partial charge in [-0.2, -0.15) is 0 Å². The van der Waals surface area contributed by atoms with Crippen molar-refractivity contribution in [3.05, 3.63) is 65.9 Å². The summed E-state index contributed by atoms with van der Waals surface area (Å²) >= 11 is 0. The lowest BCUT2D eigenvalue weighted by molar-refractivity contribution is 0.629. The topological polar surface area (TPSA) is 17.8 Å². The summed E-state index contributed by atoms with van der Waals surface area (Å²) in [4.78, 5) is 4.48. The van der Waals surface area contributed by atoms with Crippen molar-refractivity contribution >= 4 is 10.9 Å². The Balaban J connectivity index is 2.00. The first-order valence-electron chi connectivity index (χ1n) is 5.89. The standard InChI is InChI=1S/C15H13FN2/c1-11-3-2-4-14(17-11)10-18-8-7-12-9-13(16)5-6-15(12)18/h2-9H,10H2,1H3. The summed E-state index contributed by atoms with van der Waals surface area (Å²) in [5.74, 6) is -0.200. The molecule has 2 nitrogen and oxygen atoms in total. The second-order valence-electron chi connectivity index (χ2n) is 4.42. The van der Waals surface area contributed by atoms with E-state index in [9.17, 15) is 4.39 Å². The minimum Gasteiger partial charge on any atom is -0.341 e. The molecule has 0 bridgehead atoms. The van der Waals surface area contributed by atoms with E-state index in [2.05, 4.69) is 9.55 Å². The summed E-state index contributed by atoms with van der Waals surface area (Å²) in [7, 11) is 0. The molecule has 0 unspecified atom stereocenters. The second-order valence-corrected chi connectivity index (χ2v) is 4.42. The van der Waals surface area contributed by atoms with Crippen LogP contribution >= 0.6 is 0 Å². The monoisotopic (exact) mass is 240 g/mol. The molecule has 0 aliphatic carbocycles. The summed E-state index contributed by atoms with van der Waals surface area (Å²) in [6.45, 7) is 2.68. The fourth-order valence-electron chi connectivity index (χ4n) is 2.17. The number of hydrogen-bond donors (Lipinski definition) is 0. The summed E-state index contributed by atoms with van der Waals surface area (Å²) < 4.78 is 15.2. The van der Waals surface area contributed by atoms with E-state index in [0.717, 1.165) is 22.3 Å². The Morgan fingerprint density at radius 2 is 2.06 bits per heavy atom. The number of pyridine rings is 1. The molecule has 0 radical (unpaired) electrons. The van der Waals surface area contributed by atoms with Crippen LogP contribution in [0.15, 0.2) is 48.7 Å². The molecule has 0 aliphatic rings. The average Bonchev–Trinajstić information content (AvgIpc) is 2.72. The number of benzene rings is 1. The molecule has 0 saturated carbocycles. The van der Waals surface area contributed by atoms with Crippen LogP contribution in [-0.2, 0) is 6.54 Å². The Morgan fingerprint density at radius 1 is 1.17 bits per heavy atom. The SMILES string of the molecule is Cc1cccc(Cn2ccc3cc(F)ccc32)n1. The third-order valence-corrected chi connectivity index (χ3v) is 3.01. The zero-order valence-electron chi connectivity index (χ0n) is 10.1. The maximum absolute atomic E-state index is 13.1. The van der Waals surface area contributed by atoms with E-state index in [4.69, 9.17) is 0 Å². The fraction of sp³-hybridized carbons (Fsp3) is 0.133. The second kappa shape index (κ2) is 4.26. The van der Waals surface area contributed by atoms with Crippen LogP contribution in [0.3, 0.4) is 0 Å². The van der Waals surface area contributed by atoms with Crippen LogP contribution in [0.2, 0.25) is 0 Å². The first-order valence-corrected chi connectivity index (χ1v) is 5.89. The van der Waals surface area contributed by atoms with Crippen molar-refractivity contribution in [1.29, 1.82) is 0 Å². The van der Waals surface area contributed by atoms with Crippen molar-refractivity contribution < 1.29 is 4.39 Å². The van der Waals surface area contributed by atoms with E-state index in [-0.39, 0.29) is 5.82 Å². The van der Waals surface area contributed by atoms with Crippen LogP contribution in [0, 0.1) is 12.7 Å². The minimum absolute atomic E-state index is 0.200. The molecule has 0 atom stereocenters. The molecular weight excluding hydrogens is 227 g/mol. The van der Waals surface area contributed by atoms with Gasteiger partial charge in [-0.25, -0.2) is 4.39 Å². The zero-order chi connectivity index (χ0) is 12.5. The van der Waals surface area contributed by atoms with Gasteiger partial charge in [-0.15, -0.1) is 0 Å².